The maximum absolute atomic E-state index is 12.0. The summed E-state index contributed by atoms with van der Waals surface area (Å²) in [6.45, 7) is 4.48. The van der Waals surface area contributed by atoms with Gasteiger partial charge in [0.15, 0.2) is 0 Å². The molecule has 0 bridgehead atoms. The summed E-state index contributed by atoms with van der Waals surface area (Å²) >= 11 is 0. The fourth-order valence-corrected chi connectivity index (χ4v) is 2.39. The zero-order valence-electron chi connectivity index (χ0n) is 14.7. The topological polar surface area (TPSA) is 84.2 Å². The standard InChI is InChI=1S/C19H25N3O3/c1-19(2,14-23)11-6-12-20-17(24)13-22-18(25)10-9-16(21-22)15-7-4-3-5-8-15/h3-5,7-10,23H,6,11-14H2,1-2H3,(H,20,24). The average molecular weight is 343 g/mol. The van der Waals surface area contributed by atoms with Gasteiger partial charge in [0.2, 0.25) is 5.91 Å². The van der Waals surface area contributed by atoms with Crippen LogP contribution < -0.4 is 10.9 Å². The van der Waals surface area contributed by atoms with E-state index in [4.69, 9.17) is 0 Å². The molecule has 2 rings (SSSR count). The summed E-state index contributed by atoms with van der Waals surface area (Å²) < 4.78 is 1.18. The molecule has 6 heteroatoms. The van der Waals surface area contributed by atoms with Gasteiger partial charge in [-0.1, -0.05) is 44.2 Å². The van der Waals surface area contributed by atoms with Crippen LogP contribution in [-0.2, 0) is 11.3 Å². The van der Waals surface area contributed by atoms with Gasteiger partial charge in [0, 0.05) is 24.8 Å². The molecule has 0 spiro atoms. The third-order valence-corrected chi connectivity index (χ3v) is 4.01. The predicted octanol–water partition coefficient (Wildman–Crippen LogP) is 1.83. The van der Waals surface area contributed by atoms with E-state index in [-0.39, 0.29) is 30.0 Å². The number of benzene rings is 1. The first-order valence-electron chi connectivity index (χ1n) is 8.42. The largest absolute Gasteiger partial charge is 0.396 e. The van der Waals surface area contributed by atoms with Gasteiger partial charge in [-0.3, -0.25) is 9.59 Å². The van der Waals surface area contributed by atoms with Gasteiger partial charge in [0.05, 0.1) is 5.69 Å². The molecule has 1 aromatic carbocycles. The zero-order chi connectivity index (χ0) is 18.3. The molecule has 0 atom stereocenters. The number of aliphatic hydroxyl groups excluding tert-OH is 1. The van der Waals surface area contributed by atoms with Crippen LogP contribution in [0.15, 0.2) is 47.3 Å². The zero-order valence-corrected chi connectivity index (χ0v) is 14.7. The summed E-state index contributed by atoms with van der Waals surface area (Å²) in [7, 11) is 0. The number of amides is 1. The van der Waals surface area contributed by atoms with Crippen LogP contribution in [0.5, 0.6) is 0 Å². The number of nitrogens with one attached hydrogen (secondary N) is 1. The van der Waals surface area contributed by atoms with E-state index in [0.717, 1.165) is 18.4 Å². The van der Waals surface area contributed by atoms with Gasteiger partial charge in [-0.15, -0.1) is 0 Å². The molecule has 6 nitrogen and oxygen atoms in total. The first-order valence-corrected chi connectivity index (χ1v) is 8.42. The number of rotatable bonds is 8. The summed E-state index contributed by atoms with van der Waals surface area (Å²) in [6, 6.07) is 12.6. The second kappa shape index (κ2) is 8.58. The van der Waals surface area contributed by atoms with E-state index in [9.17, 15) is 14.7 Å². The van der Waals surface area contributed by atoms with E-state index in [1.807, 2.05) is 44.2 Å². The Bertz CT molecular complexity index is 754. The van der Waals surface area contributed by atoms with Crippen LogP contribution in [0.25, 0.3) is 11.3 Å². The molecule has 2 N–H and O–H groups in total. The van der Waals surface area contributed by atoms with Crippen LogP contribution in [0.1, 0.15) is 26.7 Å². The maximum Gasteiger partial charge on any atom is 0.267 e. The lowest BCUT2D eigenvalue weighted by Crippen LogP contribution is -2.34. The number of hydrogen-bond acceptors (Lipinski definition) is 4. The average Bonchev–Trinajstić information content (AvgIpc) is 2.61. The number of carbonyl (C=O) groups is 1. The van der Waals surface area contributed by atoms with Gasteiger partial charge in [-0.2, -0.15) is 5.10 Å². The van der Waals surface area contributed by atoms with Gasteiger partial charge in [-0.05, 0) is 24.3 Å². The van der Waals surface area contributed by atoms with Crippen molar-refractivity contribution in [3.05, 3.63) is 52.8 Å². The minimum absolute atomic E-state index is 0.108. The molecule has 0 aliphatic carbocycles. The summed E-state index contributed by atoms with van der Waals surface area (Å²) in [6.07, 6.45) is 1.58. The van der Waals surface area contributed by atoms with Gasteiger partial charge in [0.1, 0.15) is 6.54 Å². The SMILES string of the molecule is CC(C)(CO)CCCNC(=O)Cn1nc(-c2ccccc2)ccc1=O. The second-order valence-corrected chi connectivity index (χ2v) is 6.86. The van der Waals surface area contributed by atoms with E-state index in [1.54, 1.807) is 6.07 Å². The van der Waals surface area contributed by atoms with E-state index in [1.165, 1.54) is 10.7 Å². The minimum atomic E-state index is -0.309. The van der Waals surface area contributed by atoms with Crippen molar-refractivity contribution in [2.75, 3.05) is 13.2 Å². The van der Waals surface area contributed by atoms with Crippen molar-refractivity contribution < 1.29 is 9.90 Å². The molecule has 1 amide bonds. The van der Waals surface area contributed by atoms with Crippen molar-refractivity contribution in [2.45, 2.75) is 33.2 Å². The Kier molecular flexibility index (Phi) is 6.47. The highest BCUT2D eigenvalue weighted by Crippen LogP contribution is 2.20. The minimum Gasteiger partial charge on any atom is -0.396 e. The van der Waals surface area contributed by atoms with E-state index < -0.39 is 0 Å². The third kappa shape index (κ3) is 5.83. The first kappa shape index (κ1) is 18.9. The van der Waals surface area contributed by atoms with Crippen LogP contribution in [-0.4, -0.2) is 33.9 Å². The molecular weight excluding hydrogens is 318 g/mol. The smallest absolute Gasteiger partial charge is 0.267 e. The quantitative estimate of drug-likeness (QED) is 0.716. The summed E-state index contributed by atoms with van der Waals surface area (Å²) in [4.78, 5) is 24.0. The molecule has 134 valence electrons. The summed E-state index contributed by atoms with van der Waals surface area (Å²) in [5, 5.41) is 16.3. The molecule has 1 heterocycles. The van der Waals surface area contributed by atoms with Crippen LogP contribution in [0.2, 0.25) is 0 Å². The molecule has 1 aromatic heterocycles. The third-order valence-electron chi connectivity index (χ3n) is 4.01. The summed E-state index contributed by atoms with van der Waals surface area (Å²) in [5.41, 5.74) is 1.09. The highest BCUT2D eigenvalue weighted by molar-refractivity contribution is 5.75. The van der Waals surface area contributed by atoms with Crippen molar-refractivity contribution in [3.63, 3.8) is 0 Å². The van der Waals surface area contributed by atoms with Crippen molar-refractivity contribution in [3.8, 4) is 11.3 Å². The maximum atomic E-state index is 12.0. The lowest BCUT2D eigenvalue weighted by molar-refractivity contribution is -0.121. The Morgan fingerprint density at radius 1 is 1.20 bits per heavy atom. The molecule has 2 aromatic rings. The van der Waals surface area contributed by atoms with Crippen LogP contribution in [0.4, 0.5) is 0 Å². The highest BCUT2D eigenvalue weighted by Gasteiger charge is 2.15. The monoisotopic (exact) mass is 343 g/mol. The normalized spacial score (nSPS) is 11.3. The second-order valence-electron chi connectivity index (χ2n) is 6.86. The molecular formula is C19H25N3O3. The molecule has 0 aliphatic rings. The van der Waals surface area contributed by atoms with Gasteiger partial charge >= 0.3 is 0 Å². The molecule has 0 aliphatic heterocycles. The Morgan fingerprint density at radius 2 is 1.92 bits per heavy atom. The Hall–Kier alpha value is -2.47. The summed E-state index contributed by atoms with van der Waals surface area (Å²) in [5.74, 6) is -0.249. The van der Waals surface area contributed by atoms with Crippen molar-refractivity contribution in [2.24, 2.45) is 5.41 Å². The van der Waals surface area contributed by atoms with Crippen LogP contribution >= 0.6 is 0 Å². The van der Waals surface area contributed by atoms with Crippen molar-refractivity contribution in [1.29, 1.82) is 0 Å². The fraction of sp³-hybridized carbons (Fsp3) is 0.421. The van der Waals surface area contributed by atoms with Crippen molar-refractivity contribution in [1.82, 2.24) is 15.1 Å². The fourth-order valence-electron chi connectivity index (χ4n) is 2.39. The van der Waals surface area contributed by atoms with Gasteiger partial charge in [-0.25, -0.2) is 4.68 Å². The molecule has 0 unspecified atom stereocenters. The Morgan fingerprint density at radius 3 is 2.60 bits per heavy atom. The number of aromatic nitrogens is 2. The van der Waals surface area contributed by atoms with Crippen LogP contribution in [0, 0.1) is 5.41 Å². The van der Waals surface area contributed by atoms with Crippen LogP contribution in [0.3, 0.4) is 0 Å². The number of hydrogen-bond donors (Lipinski definition) is 2. The Labute approximate surface area is 147 Å². The lowest BCUT2D eigenvalue weighted by Gasteiger charge is -2.21. The molecule has 25 heavy (non-hydrogen) atoms. The molecule has 0 fully saturated rings. The lowest BCUT2D eigenvalue weighted by atomic mass is 9.89. The van der Waals surface area contributed by atoms with Crippen molar-refractivity contribution >= 4 is 5.91 Å². The molecule has 0 radical (unpaired) electrons. The number of carbonyl (C=O) groups excluding carboxylic acids is 1. The molecule has 0 saturated heterocycles. The van der Waals surface area contributed by atoms with E-state index in [0.29, 0.717) is 12.2 Å². The van der Waals surface area contributed by atoms with E-state index >= 15 is 0 Å². The van der Waals surface area contributed by atoms with E-state index in [2.05, 4.69) is 10.4 Å². The number of nitrogens with zero attached hydrogens (tertiary/aromatic N) is 2. The first-order chi connectivity index (χ1) is 11.9. The molecule has 0 saturated carbocycles. The highest BCUT2D eigenvalue weighted by atomic mass is 16.3. The van der Waals surface area contributed by atoms with Gasteiger partial charge < -0.3 is 10.4 Å². The van der Waals surface area contributed by atoms with Gasteiger partial charge in [0.25, 0.3) is 5.56 Å². The number of aliphatic hydroxyl groups is 1. The predicted molar refractivity (Wildman–Crippen MR) is 97.0 cm³/mol. The Balaban J connectivity index is 1.93.